The molecule has 3 heteroatoms. The Morgan fingerprint density at radius 1 is 1.17 bits per heavy atom. The van der Waals surface area contributed by atoms with Gasteiger partial charge in [0.1, 0.15) is 5.82 Å². The Bertz CT molecular complexity index is 403. The van der Waals surface area contributed by atoms with Crippen LogP contribution in [0.1, 0.15) is 46.1 Å². The van der Waals surface area contributed by atoms with Gasteiger partial charge in [0, 0.05) is 5.54 Å². The topological polar surface area (TPSA) is 29.1 Å². The molecule has 0 saturated carbocycles. The first-order valence-corrected chi connectivity index (χ1v) is 6.28. The number of carbonyl (C=O) groups excluding carboxylic acids is 1. The Morgan fingerprint density at radius 3 is 2.06 bits per heavy atom. The van der Waals surface area contributed by atoms with Gasteiger partial charge in [-0.2, -0.15) is 0 Å². The van der Waals surface area contributed by atoms with Gasteiger partial charge in [-0.3, -0.25) is 4.79 Å². The van der Waals surface area contributed by atoms with E-state index in [4.69, 9.17) is 0 Å². The summed E-state index contributed by atoms with van der Waals surface area (Å²) in [7, 11) is 0. The second-order valence-corrected chi connectivity index (χ2v) is 6.01. The van der Waals surface area contributed by atoms with Gasteiger partial charge in [0.2, 0.25) is 5.91 Å². The van der Waals surface area contributed by atoms with Crippen molar-refractivity contribution in [3.8, 4) is 0 Å². The van der Waals surface area contributed by atoms with Gasteiger partial charge in [-0.1, -0.05) is 26.0 Å². The number of hydrogen-bond acceptors (Lipinski definition) is 1. The molecule has 0 bridgehead atoms. The first-order chi connectivity index (χ1) is 8.20. The van der Waals surface area contributed by atoms with Crippen molar-refractivity contribution in [3.63, 3.8) is 0 Å². The molecule has 1 unspecified atom stereocenters. The number of nitrogens with one attached hydrogen (secondary N) is 1. The van der Waals surface area contributed by atoms with Crippen LogP contribution < -0.4 is 5.32 Å². The second kappa shape index (κ2) is 5.51. The third kappa shape index (κ3) is 4.13. The van der Waals surface area contributed by atoms with Crippen molar-refractivity contribution in [2.45, 2.75) is 46.1 Å². The molecule has 0 spiro atoms. The Hall–Kier alpha value is -1.38. The smallest absolute Gasteiger partial charge is 0.228 e. The third-order valence-electron chi connectivity index (χ3n) is 2.68. The summed E-state index contributed by atoms with van der Waals surface area (Å²) in [6.45, 7) is 9.85. The highest BCUT2D eigenvalue weighted by Crippen LogP contribution is 2.25. The number of hydrogen-bond donors (Lipinski definition) is 1. The van der Waals surface area contributed by atoms with Crippen LogP contribution in [0.25, 0.3) is 0 Å². The van der Waals surface area contributed by atoms with Crippen molar-refractivity contribution >= 4 is 5.91 Å². The molecule has 2 nitrogen and oxygen atoms in total. The number of carbonyl (C=O) groups is 1. The minimum Gasteiger partial charge on any atom is -0.351 e. The molecule has 1 amide bonds. The molecule has 1 rings (SSSR count). The first kappa shape index (κ1) is 14.7. The quantitative estimate of drug-likeness (QED) is 0.875. The molecule has 0 aliphatic carbocycles. The van der Waals surface area contributed by atoms with Crippen LogP contribution in [0, 0.1) is 11.7 Å². The van der Waals surface area contributed by atoms with Crippen LogP contribution in [-0.2, 0) is 4.79 Å². The van der Waals surface area contributed by atoms with E-state index in [9.17, 15) is 9.18 Å². The van der Waals surface area contributed by atoms with Gasteiger partial charge in [0.15, 0.2) is 0 Å². The molecule has 18 heavy (non-hydrogen) atoms. The molecular formula is C15H22FNO. The summed E-state index contributed by atoms with van der Waals surface area (Å²) >= 11 is 0. The van der Waals surface area contributed by atoms with Gasteiger partial charge in [-0.25, -0.2) is 4.39 Å². The van der Waals surface area contributed by atoms with Gasteiger partial charge in [0.25, 0.3) is 0 Å². The molecule has 0 fully saturated rings. The summed E-state index contributed by atoms with van der Waals surface area (Å²) in [5.41, 5.74) is 0.595. The summed E-state index contributed by atoms with van der Waals surface area (Å²) in [6, 6.07) is 6.16. The molecule has 0 aliphatic heterocycles. The van der Waals surface area contributed by atoms with Gasteiger partial charge in [-0.15, -0.1) is 0 Å². The van der Waals surface area contributed by atoms with E-state index in [1.54, 1.807) is 12.1 Å². The molecule has 0 aromatic heterocycles. The summed E-state index contributed by atoms with van der Waals surface area (Å²) in [6.07, 6.45) is 0. The Balaban J connectivity index is 2.96. The van der Waals surface area contributed by atoms with Crippen LogP contribution >= 0.6 is 0 Å². The van der Waals surface area contributed by atoms with Gasteiger partial charge in [-0.05, 0) is 44.4 Å². The Labute approximate surface area is 109 Å². The lowest BCUT2D eigenvalue weighted by Crippen LogP contribution is -2.44. The maximum atomic E-state index is 12.9. The Kier molecular flexibility index (Phi) is 4.49. The number of halogens is 1. The van der Waals surface area contributed by atoms with Crippen molar-refractivity contribution < 1.29 is 9.18 Å². The van der Waals surface area contributed by atoms with Gasteiger partial charge >= 0.3 is 0 Å². The van der Waals surface area contributed by atoms with Crippen LogP contribution in [-0.4, -0.2) is 11.4 Å². The highest BCUT2D eigenvalue weighted by atomic mass is 19.1. The second-order valence-electron chi connectivity index (χ2n) is 6.01. The van der Waals surface area contributed by atoms with E-state index in [0.717, 1.165) is 5.56 Å². The minimum atomic E-state index is -0.280. The maximum Gasteiger partial charge on any atom is 0.228 e. The van der Waals surface area contributed by atoms with E-state index in [0.29, 0.717) is 0 Å². The van der Waals surface area contributed by atoms with E-state index in [1.165, 1.54) is 12.1 Å². The highest BCUT2D eigenvalue weighted by molar-refractivity contribution is 5.84. The fourth-order valence-electron chi connectivity index (χ4n) is 1.96. The zero-order chi connectivity index (χ0) is 13.9. The molecule has 0 heterocycles. The predicted molar refractivity (Wildman–Crippen MR) is 71.9 cm³/mol. The minimum absolute atomic E-state index is 0.0101. The summed E-state index contributed by atoms with van der Waals surface area (Å²) in [5, 5.41) is 2.98. The standard InChI is InChI=1S/C15H22FNO/c1-10(2)13(14(18)17-15(3,4)5)11-6-8-12(16)9-7-11/h6-10,13H,1-5H3,(H,17,18). The molecular weight excluding hydrogens is 229 g/mol. The average Bonchev–Trinajstić information content (AvgIpc) is 2.18. The lowest BCUT2D eigenvalue weighted by molar-refractivity contribution is -0.124. The monoisotopic (exact) mass is 251 g/mol. The number of amides is 1. The SMILES string of the molecule is CC(C)C(C(=O)NC(C)(C)C)c1ccc(F)cc1. The van der Waals surface area contributed by atoms with E-state index in [-0.39, 0.29) is 29.1 Å². The van der Waals surface area contributed by atoms with Crippen molar-refractivity contribution in [2.75, 3.05) is 0 Å². The van der Waals surface area contributed by atoms with E-state index >= 15 is 0 Å². The first-order valence-electron chi connectivity index (χ1n) is 6.28. The fraction of sp³-hybridized carbons (Fsp3) is 0.533. The number of benzene rings is 1. The maximum absolute atomic E-state index is 12.9. The zero-order valence-electron chi connectivity index (χ0n) is 11.8. The van der Waals surface area contributed by atoms with Crippen LogP contribution in [0.4, 0.5) is 4.39 Å². The van der Waals surface area contributed by atoms with E-state index in [2.05, 4.69) is 5.32 Å². The highest BCUT2D eigenvalue weighted by Gasteiger charge is 2.26. The number of rotatable bonds is 3. The van der Waals surface area contributed by atoms with Crippen LogP contribution in [0.2, 0.25) is 0 Å². The van der Waals surface area contributed by atoms with Crippen LogP contribution in [0.15, 0.2) is 24.3 Å². The summed E-state index contributed by atoms with van der Waals surface area (Å²) in [4.78, 5) is 12.3. The molecule has 1 aromatic rings. The van der Waals surface area contributed by atoms with E-state index < -0.39 is 0 Å². The lowest BCUT2D eigenvalue weighted by atomic mass is 9.87. The van der Waals surface area contributed by atoms with Crippen molar-refractivity contribution in [1.29, 1.82) is 0 Å². The Morgan fingerprint density at radius 2 is 1.67 bits per heavy atom. The molecule has 0 radical (unpaired) electrons. The predicted octanol–water partition coefficient (Wildman–Crippen LogP) is 3.48. The molecule has 1 aromatic carbocycles. The average molecular weight is 251 g/mol. The van der Waals surface area contributed by atoms with Crippen LogP contribution in [0.3, 0.4) is 0 Å². The van der Waals surface area contributed by atoms with Gasteiger partial charge in [0.05, 0.1) is 5.92 Å². The molecule has 1 atom stereocenters. The van der Waals surface area contributed by atoms with Gasteiger partial charge < -0.3 is 5.32 Å². The fourth-order valence-corrected chi connectivity index (χ4v) is 1.96. The third-order valence-corrected chi connectivity index (χ3v) is 2.68. The van der Waals surface area contributed by atoms with Crippen LogP contribution in [0.5, 0.6) is 0 Å². The van der Waals surface area contributed by atoms with E-state index in [1.807, 2.05) is 34.6 Å². The van der Waals surface area contributed by atoms with Crippen molar-refractivity contribution in [3.05, 3.63) is 35.6 Å². The molecule has 0 saturated heterocycles. The largest absolute Gasteiger partial charge is 0.351 e. The molecule has 1 N–H and O–H groups in total. The molecule has 0 aliphatic rings. The lowest BCUT2D eigenvalue weighted by Gasteiger charge is -2.27. The summed E-state index contributed by atoms with van der Waals surface area (Å²) in [5.74, 6) is -0.371. The normalized spacial score (nSPS) is 13.5. The zero-order valence-corrected chi connectivity index (χ0v) is 11.8. The molecule has 100 valence electrons. The van der Waals surface area contributed by atoms with Crippen molar-refractivity contribution in [1.82, 2.24) is 5.32 Å². The van der Waals surface area contributed by atoms with Crippen molar-refractivity contribution in [2.24, 2.45) is 5.92 Å². The summed E-state index contributed by atoms with van der Waals surface area (Å²) < 4.78 is 12.9.